The molecule has 14 heteroatoms. The molecule has 0 atom stereocenters. The third-order valence-corrected chi connectivity index (χ3v) is 16.0. The zero-order valence-corrected chi connectivity index (χ0v) is 57.1. The molecule has 0 spiro atoms. The molecule has 0 aliphatic carbocycles. The summed E-state index contributed by atoms with van der Waals surface area (Å²) in [6, 6.07) is 67.5. The topological polar surface area (TPSA) is 180 Å². The number of rotatable bonds is 0. The number of aromatic nitrogens is 14. The van der Waals surface area contributed by atoms with Crippen molar-refractivity contribution in [1.82, 2.24) is 69.8 Å². The molecule has 0 radical (unpaired) electrons. The summed E-state index contributed by atoms with van der Waals surface area (Å²) in [7, 11) is 0. The third kappa shape index (κ3) is 19.7. The first-order chi connectivity index (χ1) is 48.3. The van der Waals surface area contributed by atoms with Gasteiger partial charge in [-0.15, -0.1) is 0 Å². The van der Waals surface area contributed by atoms with Gasteiger partial charge in [-0.1, -0.05) is 139 Å². The first-order valence-corrected chi connectivity index (χ1v) is 32.4. The van der Waals surface area contributed by atoms with Gasteiger partial charge in [0.15, 0.2) is 0 Å². The highest BCUT2D eigenvalue weighted by Crippen LogP contribution is 2.20. The highest BCUT2D eigenvalue weighted by atomic mass is 14.8. The van der Waals surface area contributed by atoms with Crippen LogP contribution in [0.15, 0.2) is 300 Å². The Morgan fingerprint density at radius 1 is 0.192 bits per heavy atom. The lowest BCUT2D eigenvalue weighted by Gasteiger charge is -1.98. The quantitative estimate of drug-likeness (QED) is 0.140. The van der Waals surface area contributed by atoms with Gasteiger partial charge in [-0.3, -0.25) is 29.9 Å². The highest BCUT2D eigenvalue weighted by molar-refractivity contribution is 5.87. The molecular weight excluding hydrogens is 1220 g/mol. The number of hydrogen-bond acceptors (Lipinski definition) is 14. The van der Waals surface area contributed by atoms with Crippen LogP contribution in [0, 0.1) is 62.3 Å². The SMILES string of the molecule is Cc1ccc2cncnc2c1.Cc1ccc2nccnc2c1.Cc1ccc2ncncc2c1.Cc1cccc2cccnc12.Cc1cccc2ccncc12.Cc1cccc2cnccc12.Cc1cccc2cncnc12.Cc1cccc2ncccc12.Cc1cccc2ncncc12. The molecule has 99 heavy (non-hydrogen) atoms. The van der Waals surface area contributed by atoms with Crippen LogP contribution in [-0.2, 0) is 0 Å². The van der Waals surface area contributed by atoms with E-state index in [4.69, 9.17) is 0 Å². The number of fused-ring (bicyclic) bond motifs is 9. The van der Waals surface area contributed by atoms with E-state index in [1.165, 1.54) is 82.4 Å². The van der Waals surface area contributed by atoms with Gasteiger partial charge in [0, 0.05) is 117 Å². The summed E-state index contributed by atoms with van der Waals surface area (Å²) in [5, 5.41) is 11.9. The minimum Gasteiger partial charge on any atom is -0.264 e. The molecule has 0 N–H and O–H groups in total. The maximum absolute atomic E-state index is 4.28. The Morgan fingerprint density at radius 2 is 0.636 bits per heavy atom. The van der Waals surface area contributed by atoms with Crippen LogP contribution in [0.25, 0.3) is 98.0 Å². The van der Waals surface area contributed by atoms with Crippen LogP contribution >= 0.6 is 0 Å². The van der Waals surface area contributed by atoms with Crippen molar-refractivity contribution in [3.8, 4) is 0 Å². The van der Waals surface area contributed by atoms with E-state index in [2.05, 4.69) is 234 Å². The number of para-hydroxylation sites is 2. The van der Waals surface area contributed by atoms with Crippen molar-refractivity contribution in [3.05, 3.63) is 350 Å². The normalized spacial score (nSPS) is 10.3. The highest BCUT2D eigenvalue weighted by Gasteiger charge is 2.01. The average Bonchev–Trinajstić information content (AvgIpc) is 1.31. The minimum absolute atomic E-state index is 0.957. The first-order valence-electron chi connectivity index (χ1n) is 32.4. The molecule has 0 amide bonds. The fourth-order valence-electron chi connectivity index (χ4n) is 10.6. The zero-order valence-electron chi connectivity index (χ0n) is 57.1. The van der Waals surface area contributed by atoms with Crippen molar-refractivity contribution in [3.63, 3.8) is 0 Å². The Balaban J connectivity index is 0.000000120. The first kappa shape index (κ1) is 69.2. The van der Waals surface area contributed by atoms with E-state index >= 15 is 0 Å². The van der Waals surface area contributed by atoms with E-state index in [0.29, 0.717) is 0 Å². The van der Waals surface area contributed by atoms with Gasteiger partial charge in [0.25, 0.3) is 0 Å². The van der Waals surface area contributed by atoms with E-state index in [1.807, 2.05) is 160 Å². The number of aryl methyl sites for hydroxylation is 9. The second-order valence-corrected chi connectivity index (χ2v) is 23.4. The smallest absolute Gasteiger partial charge is 0.116 e. The fraction of sp³-hybridized carbons (Fsp3) is 0.106. The molecule has 9 heterocycles. The second-order valence-electron chi connectivity index (χ2n) is 23.4. The largest absolute Gasteiger partial charge is 0.264 e. The van der Waals surface area contributed by atoms with Gasteiger partial charge in [-0.05, 0) is 184 Å². The number of benzene rings is 9. The zero-order chi connectivity index (χ0) is 69.1. The lowest BCUT2D eigenvalue weighted by Crippen LogP contribution is -1.83. The molecule has 18 aromatic rings. The Morgan fingerprint density at radius 3 is 1.31 bits per heavy atom. The summed E-state index contributed by atoms with van der Waals surface area (Å²) in [6.45, 7) is 18.7. The predicted octanol–water partition coefficient (Wildman–Crippen LogP) is 19.9. The molecule has 486 valence electrons. The van der Waals surface area contributed by atoms with Crippen LogP contribution in [0.5, 0.6) is 0 Å². The maximum atomic E-state index is 4.28. The molecule has 0 bridgehead atoms. The van der Waals surface area contributed by atoms with Crippen molar-refractivity contribution < 1.29 is 0 Å². The second kappa shape index (κ2) is 35.2. The molecule has 9 aromatic carbocycles. The Bertz CT molecular complexity index is 4790. The van der Waals surface area contributed by atoms with E-state index in [1.54, 1.807) is 37.7 Å². The van der Waals surface area contributed by atoms with Crippen molar-refractivity contribution in [1.29, 1.82) is 0 Å². The van der Waals surface area contributed by atoms with Gasteiger partial charge < -0.3 is 0 Å². The van der Waals surface area contributed by atoms with E-state index < -0.39 is 0 Å². The predicted molar refractivity (Wildman–Crippen MR) is 407 cm³/mol. The summed E-state index contributed by atoms with van der Waals surface area (Å²) in [5.74, 6) is 0. The van der Waals surface area contributed by atoms with Crippen LogP contribution in [0.3, 0.4) is 0 Å². The summed E-state index contributed by atoms with van der Waals surface area (Å²) < 4.78 is 0. The molecule has 14 nitrogen and oxygen atoms in total. The summed E-state index contributed by atoms with van der Waals surface area (Å²) in [4.78, 5) is 57.3. The Hall–Kier alpha value is -12.7. The lowest BCUT2D eigenvalue weighted by atomic mass is 10.1. The van der Waals surface area contributed by atoms with Gasteiger partial charge in [0.1, 0.15) is 25.3 Å². The van der Waals surface area contributed by atoms with E-state index in [9.17, 15) is 0 Å². The van der Waals surface area contributed by atoms with Gasteiger partial charge in [0.2, 0.25) is 0 Å². The third-order valence-electron chi connectivity index (χ3n) is 16.0. The van der Waals surface area contributed by atoms with Gasteiger partial charge in [-0.2, -0.15) is 0 Å². The van der Waals surface area contributed by atoms with E-state index in [0.717, 1.165) is 65.7 Å². The number of pyridine rings is 4. The molecule has 0 aliphatic heterocycles. The Kier molecular flexibility index (Phi) is 24.6. The molecule has 0 saturated heterocycles. The Labute approximate surface area is 576 Å². The van der Waals surface area contributed by atoms with Crippen molar-refractivity contribution >= 4 is 98.0 Å². The van der Waals surface area contributed by atoms with Gasteiger partial charge in [0.05, 0.1) is 44.1 Å². The molecule has 9 aromatic heterocycles. The molecule has 0 aliphatic rings. The number of hydrogen-bond donors (Lipinski definition) is 0. The van der Waals surface area contributed by atoms with Crippen LogP contribution < -0.4 is 0 Å². The van der Waals surface area contributed by atoms with E-state index in [-0.39, 0.29) is 0 Å². The van der Waals surface area contributed by atoms with Crippen LogP contribution in [0.1, 0.15) is 50.1 Å². The molecule has 0 saturated carbocycles. The average molecular weight is 1290 g/mol. The monoisotopic (exact) mass is 1290 g/mol. The van der Waals surface area contributed by atoms with Crippen LogP contribution in [0.2, 0.25) is 0 Å². The fourth-order valence-corrected chi connectivity index (χ4v) is 10.6. The molecule has 18 rings (SSSR count). The van der Waals surface area contributed by atoms with Crippen molar-refractivity contribution in [2.45, 2.75) is 62.3 Å². The van der Waals surface area contributed by atoms with Gasteiger partial charge >= 0.3 is 0 Å². The van der Waals surface area contributed by atoms with Crippen molar-refractivity contribution in [2.75, 3.05) is 0 Å². The van der Waals surface area contributed by atoms with Gasteiger partial charge in [-0.25, -0.2) is 39.9 Å². The molecule has 0 unspecified atom stereocenters. The maximum Gasteiger partial charge on any atom is 0.116 e. The number of nitrogens with zero attached hydrogens (tertiary/aromatic N) is 14. The van der Waals surface area contributed by atoms with Crippen LogP contribution in [0.4, 0.5) is 0 Å². The minimum atomic E-state index is 0.957. The summed E-state index contributed by atoms with van der Waals surface area (Å²) in [6.07, 6.45) is 28.1. The molecule has 0 fully saturated rings. The standard InChI is InChI=1S/4C10H9N.5C9H8N2/c1-8-4-2-6-10-9(8)5-3-7-11-10;1-8-4-2-5-9-6-3-7-11-10(8)9;1-8-3-2-4-9-7-11-6-5-10(8)9;1-8-3-2-4-9-5-6-11-7-10(8)9;1-7-2-3-9-8(4-7)5-10-6-11-9;1-7-2-3-8-5-10-6-11-9(8)4-7;1-7-2-3-8-9(6-7)11-5-4-10-8;1-7-3-2-4-9-8(7)5-10-6-11-9;1-7-3-2-4-8-5-10-6-11-9(7)8/h4*2-7H,1H3;5*2-6H,1H3. The molecular formula is C85H76N14. The van der Waals surface area contributed by atoms with Crippen LogP contribution in [-0.4, -0.2) is 69.8 Å². The summed E-state index contributed by atoms with van der Waals surface area (Å²) >= 11 is 0. The van der Waals surface area contributed by atoms with Crippen molar-refractivity contribution in [2.24, 2.45) is 0 Å². The summed E-state index contributed by atoms with van der Waals surface area (Å²) in [5.41, 5.74) is 19.4. The lowest BCUT2D eigenvalue weighted by molar-refractivity contribution is 1.21.